The fraction of sp³-hybridized carbons (Fsp3) is 0.846. The molecule has 0 aromatic rings. The van der Waals surface area contributed by atoms with Crippen LogP contribution in [0.3, 0.4) is 0 Å². The zero-order valence-corrected chi connectivity index (χ0v) is 10.7. The summed E-state index contributed by atoms with van der Waals surface area (Å²) >= 11 is 1.89. The Morgan fingerprint density at radius 2 is 1.50 bits per heavy atom. The second kappa shape index (κ2) is 13.1. The fourth-order valence-corrected chi connectivity index (χ4v) is 1.83. The summed E-state index contributed by atoms with van der Waals surface area (Å²) in [6, 6.07) is 0. The van der Waals surface area contributed by atoms with Gasteiger partial charge in [0.25, 0.3) is 0 Å². The van der Waals surface area contributed by atoms with Crippen LogP contribution in [0, 0.1) is 0 Å². The summed E-state index contributed by atoms with van der Waals surface area (Å²) in [5.41, 5.74) is 0. The molecule has 0 rings (SSSR count). The molecule has 0 atom stereocenters. The van der Waals surface area contributed by atoms with E-state index in [1.165, 1.54) is 57.1 Å². The van der Waals surface area contributed by atoms with E-state index in [-0.39, 0.29) is 0 Å². The molecule has 0 aromatic carbocycles. The maximum atomic E-state index is 2.34. The third-order valence-corrected chi connectivity index (χ3v) is 2.93. The Morgan fingerprint density at radius 1 is 0.857 bits per heavy atom. The van der Waals surface area contributed by atoms with Crippen molar-refractivity contribution in [1.82, 2.24) is 0 Å². The molecule has 84 valence electrons. The molecule has 0 amide bonds. The van der Waals surface area contributed by atoms with Gasteiger partial charge in [-0.15, -0.1) is 0 Å². The lowest BCUT2D eigenvalue weighted by molar-refractivity contribution is 0.592. The highest BCUT2D eigenvalue weighted by Gasteiger charge is 1.88. The Labute approximate surface area is 94.6 Å². The second-order valence-corrected chi connectivity index (χ2v) is 4.75. The summed E-state index contributed by atoms with van der Waals surface area (Å²) in [4.78, 5) is 0. The largest absolute Gasteiger partial charge is 0.161 e. The Balaban J connectivity index is 2.91. The third-order valence-electron chi connectivity index (χ3n) is 2.40. The molecular formula is C13H26S. The molecule has 0 nitrogen and oxygen atoms in total. The maximum Gasteiger partial charge on any atom is 0.0110 e. The van der Waals surface area contributed by atoms with Gasteiger partial charge < -0.3 is 0 Å². The van der Waals surface area contributed by atoms with Crippen LogP contribution in [0.2, 0.25) is 0 Å². The van der Waals surface area contributed by atoms with E-state index in [0.29, 0.717) is 0 Å². The van der Waals surface area contributed by atoms with E-state index in [0.717, 1.165) is 0 Å². The summed E-state index contributed by atoms with van der Waals surface area (Å²) in [6.45, 7) is 2.27. The molecule has 0 bridgehead atoms. The Kier molecular flexibility index (Phi) is 13.2. The lowest BCUT2D eigenvalue weighted by Crippen LogP contribution is -1.79. The van der Waals surface area contributed by atoms with Crippen molar-refractivity contribution in [3.8, 4) is 0 Å². The fourth-order valence-electron chi connectivity index (χ4n) is 1.50. The van der Waals surface area contributed by atoms with E-state index in [1.54, 1.807) is 0 Å². The zero-order chi connectivity index (χ0) is 10.5. The molecule has 0 aromatic heterocycles. The summed E-state index contributed by atoms with van der Waals surface area (Å²) in [7, 11) is 0. The molecule has 0 heterocycles. The first-order chi connectivity index (χ1) is 6.91. The minimum absolute atomic E-state index is 1.18. The topological polar surface area (TPSA) is 0 Å². The van der Waals surface area contributed by atoms with Crippen molar-refractivity contribution in [2.45, 2.75) is 58.3 Å². The molecule has 0 radical (unpaired) electrons. The van der Waals surface area contributed by atoms with Gasteiger partial charge >= 0.3 is 0 Å². The van der Waals surface area contributed by atoms with Crippen LogP contribution >= 0.6 is 11.8 Å². The first kappa shape index (κ1) is 14.1. The van der Waals surface area contributed by atoms with Gasteiger partial charge in [-0.1, -0.05) is 57.6 Å². The zero-order valence-electron chi connectivity index (χ0n) is 9.93. The van der Waals surface area contributed by atoms with Crippen molar-refractivity contribution in [2.75, 3.05) is 12.0 Å². The third kappa shape index (κ3) is 12.1. The Morgan fingerprint density at radius 3 is 2.14 bits per heavy atom. The highest BCUT2D eigenvalue weighted by molar-refractivity contribution is 7.98. The van der Waals surface area contributed by atoms with E-state index < -0.39 is 0 Å². The van der Waals surface area contributed by atoms with E-state index in [2.05, 4.69) is 25.3 Å². The Bertz CT molecular complexity index is 118. The van der Waals surface area contributed by atoms with Gasteiger partial charge in [0.1, 0.15) is 0 Å². The number of rotatable bonds is 10. The first-order valence-corrected chi connectivity index (χ1v) is 7.45. The summed E-state index contributed by atoms with van der Waals surface area (Å²) in [5, 5.41) is 0. The quantitative estimate of drug-likeness (QED) is 0.362. The predicted molar refractivity (Wildman–Crippen MR) is 70.1 cm³/mol. The van der Waals surface area contributed by atoms with Crippen LogP contribution in [0.5, 0.6) is 0 Å². The molecule has 0 saturated carbocycles. The van der Waals surface area contributed by atoms with E-state index in [4.69, 9.17) is 0 Å². The average molecular weight is 214 g/mol. The van der Waals surface area contributed by atoms with E-state index in [1.807, 2.05) is 11.8 Å². The molecule has 0 spiro atoms. The van der Waals surface area contributed by atoms with Gasteiger partial charge in [-0.3, -0.25) is 0 Å². The number of unbranched alkanes of at least 4 members (excludes halogenated alkanes) is 7. The SMILES string of the molecule is CCCCCCCCCC=CCSC. The highest BCUT2D eigenvalue weighted by Crippen LogP contribution is 2.08. The normalized spacial score (nSPS) is 11.3. The van der Waals surface area contributed by atoms with Crippen molar-refractivity contribution in [3.05, 3.63) is 12.2 Å². The lowest BCUT2D eigenvalue weighted by atomic mass is 10.1. The number of hydrogen-bond acceptors (Lipinski definition) is 1. The van der Waals surface area contributed by atoms with Crippen molar-refractivity contribution < 1.29 is 0 Å². The molecule has 1 heteroatoms. The van der Waals surface area contributed by atoms with Gasteiger partial charge in [0, 0.05) is 5.75 Å². The van der Waals surface area contributed by atoms with Gasteiger partial charge in [0.2, 0.25) is 0 Å². The van der Waals surface area contributed by atoms with Crippen LogP contribution < -0.4 is 0 Å². The summed E-state index contributed by atoms with van der Waals surface area (Å²) in [5.74, 6) is 1.18. The lowest BCUT2D eigenvalue weighted by Gasteiger charge is -1.98. The number of thioether (sulfide) groups is 1. The van der Waals surface area contributed by atoms with Gasteiger partial charge in [-0.25, -0.2) is 0 Å². The predicted octanol–water partition coefficient (Wildman–Crippen LogP) is 5.05. The molecule has 0 unspecified atom stereocenters. The monoisotopic (exact) mass is 214 g/mol. The van der Waals surface area contributed by atoms with Crippen LogP contribution in [0.15, 0.2) is 12.2 Å². The second-order valence-electron chi connectivity index (χ2n) is 3.84. The van der Waals surface area contributed by atoms with Crippen LogP contribution in [0.25, 0.3) is 0 Å². The molecule has 0 aliphatic heterocycles. The smallest absolute Gasteiger partial charge is 0.0110 e. The van der Waals surface area contributed by atoms with Crippen LogP contribution in [0.4, 0.5) is 0 Å². The van der Waals surface area contributed by atoms with Gasteiger partial charge in [0.05, 0.1) is 0 Å². The molecule has 0 aliphatic rings. The highest BCUT2D eigenvalue weighted by atomic mass is 32.2. The number of hydrogen-bond donors (Lipinski definition) is 0. The molecule has 0 N–H and O–H groups in total. The standard InChI is InChI=1S/C13H26S/c1-3-4-5-6-7-8-9-10-11-12-13-14-2/h11-12H,3-10,13H2,1-2H3. The summed E-state index contributed by atoms with van der Waals surface area (Å²) < 4.78 is 0. The van der Waals surface area contributed by atoms with Crippen molar-refractivity contribution in [1.29, 1.82) is 0 Å². The van der Waals surface area contributed by atoms with Gasteiger partial charge in [-0.2, -0.15) is 11.8 Å². The summed E-state index contributed by atoms with van der Waals surface area (Å²) in [6.07, 6.45) is 18.0. The molecule has 0 aliphatic carbocycles. The number of allylic oxidation sites excluding steroid dienone is 1. The van der Waals surface area contributed by atoms with Crippen LogP contribution in [-0.2, 0) is 0 Å². The van der Waals surface area contributed by atoms with Crippen molar-refractivity contribution in [3.63, 3.8) is 0 Å². The van der Waals surface area contributed by atoms with Gasteiger partial charge in [0.15, 0.2) is 0 Å². The Hall–Kier alpha value is 0.0900. The van der Waals surface area contributed by atoms with Crippen LogP contribution in [-0.4, -0.2) is 12.0 Å². The first-order valence-electron chi connectivity index (χ1n) is 6.05. The van der Waals surface area contributed by atoms with Crippen molar-refractivity contribution in [2.24, 2.45) is 0 Å². The maximum absolute atomic E-state index is 2.34. The van der Waals surface area contributed by atoms with Gasteiger partial charge in [-0.05, 0) is 19.1 Å². The molecular weight excluding hydrogens is 188 g/mol. The molecule has 14 heavy (non-hydrogen) atoms. The minimum atomic E-state index is 1.18. The molecule has 0 saturated heterocycles. The minimum Gasteiger partial charge on any atom is -0.161 e. The van der Waals surface area contributed by atoms with E-state index in [9.17, 15) is 0 Å². The van der Waals surface area contributed by atoms with E-state index >= 15 is 0 Å². The molecule has 0 fully saturated rings. The van der Waals surface area contributed by atoms with Crippen LogP contribution in [0.1, 0.15) is 58.3 Å². The average Bonchev–Trinajstić information content (AvgIpc) is 2.21. The van der Waals surface area contributed by atoms with Crippen molar-refractivity contribution >= 4 is 11.8 Å².